The van der Waals surface area contributed by atoms with Gasteiger partial charge in [-0.25, -0.2) is 45.9 Å². The highest BCUT2D eigenvalue weighted by atomic mass is 19.2. The number of pyridine rings is 2. The van der Waals surface area contributed by atoms with Gasteiger partial charge in [-0.2, -0.15) is 0 Å². The lowest BCUT2D eigenvalue weighted by molar-refractivity contribution is 0.00719. The van der Waals surface area contributed by atoms with Crippen LogP contribution in [0.4, 0.5) is 26.3 Å². The monoisotopic (exact) mass is 734 g/mol. The number of hydrogen-bond acceptors (Lipinski definition) is 10. The first-order chi connectivity index (χ1) is 25.0. The number of carbonyl (C=O) groups excluding carboxylic acids is 2. The van der Waals surface area contributed by atoms with Crippen molar-refractivity contribution in [1.82, 2.24) is 9.97 Å². The fourth-order valence-corrected chi connectivity index (χ4v) is 5.35. The van der Waals surface area contributed by atoms with Gasteiger partial charge in [0.15, 0.2) is 0 Å². The first-order valence-corrected chi connectivity index (χ1v) is 16.0. The van der Waals surface area contributed by atoms with Crippen molar-refractivity contribution in [1.29, 1.82) is 0 Å². The van der Waals surface area contributed by atoms with Crippen LogP contribution in [0.1, 0.15) is 46.7 Å². The maximum atomic E-state index is 14.5. The molecule has 2 aliphatic heterocycles. The van der Waals surface area contributed by atoms with Crippen molar-refractivity contribution < 1.29 is 64.4 Å². The summed E-state index contributed by atoms with van der Waals surface area (Å²) in [5, 5.41) is 0. The zero-order chi connectivity index (χ0) is 37.4. The predicted octanol–water partition coefficient (Wildman–Crippen LogP) is 7.02. The lowest BCUT2D eigenvalue weighted by Crippen LogP contribution is -2.28. The highest BCUT2D eigenvalue weighted by Gasteiger charge is 2.25. The third-order valence-corrected chi connectivity index (χ3v) is 7.83. The molecule has 2 aliphatic rings. The molecule has 0 saturated carbocycles. The molecule has 10 nitrogen and oxygen atoms in total. The second kappa shape index (κ2) is 17.3. The molecule has 4 heterocycles. The minimum absolute atomic E-state index is 0.0243. The van der Waals surface area contributed by atoms with Crippen molar-refractivity contribution in [3.8, 4) is 34.0 Å². The third-order valence-electron chi connectivity index (χ3n) is 7.83. The highest BCUT2D eigenvalue weighted by molar-refractivity contribution is 5.88. The molecule has 0 unspecified atom stereocenters. The Morgan fingerprint density at radius 3 is 1.27 bits per heavy atom. The van der Waals surface area contributed by atoms with E-state index in [2.05, 4.69) is 19.4 Å². The van der Waals surface area contributed by atoms with E-state index >= 15 is 0 Å². The Kier molecular flexibility index (Phi) is 12.7. The molecule has 0 amide bonds. The molecule has 2 saturated heterocycles. The topological polar surface area (TPSA) is 115 Å². The molecule has 276 valence electrons. The summed E-state index contributed by atoms with van der Waals surface area (Å²) >= 11 is 0. The Labute approximate surface area is 293 Å². The number of hydrogen-bond donors (Lipinski definition) is 0. The van der Waals surface area contributed by atoms with Gasteiger partial charge in [-0.3, -0.25) is 0 Å². The number of methoxy groups -OCH3 is 2. The number of esters is 2. The molecule has 0 bridgehead atoms. The van der Waals surface area contributed by atoms with Crippen molar-refractivity contribution in [2.45, 2.75) is 37.9 Å². The standard InChI is InChI=1S/2C18H16F3NO4/c2*1-24-18(23)15-5-4-12(19)17(22-15)16-13(20)7-11(8-14(16)21)26-10-3-2-6-25-9-10/h2*4-5,7-8,10H,2-3,6,9H2,1H3/t2*10-/m10/s1. The maximum Gasteiger partial charge on any atom is 0.356 e. The van der Waals surface area contributed by atoms with E-state index in [9.17, 15) is 35.9 Å². The van der Waals surface area contributed by atoms with Crippen LogP contribution in [0.25, 0.3) is 22.5 Å². The Morgan fingerprint density at radius 1 is 0.596 bits per heavy atom. The van der Waals surface area contributed by atoms with Gasteiger partial charge in [-0.1, -0.05) is 0 Å². The fourth-order valence-electron chi connectivity index (χ4n) is 5.35. The van der Waals surface area contributed by atoms with Crippen LogP contribution in [-0.4, -0.2) is 74.8 Å². The first-order valence-electron chi connectivity index (χ1n) is 16.0. The molecule has 0 N–H and O–H groups in total. The van der Waals surface area contributed by atoms with Gasteiger partial charge in [-0.05, 0) is 49.9 Å². The zero-order valence-corrected chi connectivity index (χ0v) is 27.9. The quantitative estimate of drug-likeness (QED) is 0.138. The van der Waals surface area contributed by atoms with E-state index in [1.54, 1.807) is 0 Å². The number of halogens is 6. The smallest absolute Gasteiger partial charge is 0.356 e. The van der Waals surface area contributed by atoms with E-state index in [0.717, 1.165) is 75.6 Å². The molecule has 52 heavy (non-hydrogen) atoms. The van der Waals surface area contributed by atoms with Crippen LogP contribution in [0.15, 0.2) is 48.5 Å². The Hall–Kier alpha value is -5.22. The molecule has 2 aromatic carbocycles. The molecular formula is C36H32F6N2O8. The Morgan fingerprint density at radius 2 is 0.962 bits per heavy atom. The Balaban J connectivity index is 0.000000201. The van der Waals surface area contributed by atoms with Crippen LogP contribution in [0.5, 0.6) is 11.5 Å². The van der Waals surface area contributed by atoms with Gasteiger partial charge < -0.3 is 28.4 Å². The van der Waals surface area contributed by atoms with Gasteiger partial charge in [0.05, 0.1) is 38.6 Å². The summed E-state index contributed by atoms with van der Waals surface area (Å²) in [6.07, 6.45) is 2.41. The van der Waals surface area contributed by atoms with Crippen LogP contribution in [0.3, 0.4) is 0 Å². The molecule has 0 radical (unpaired) electrons. The van der Waals surface area contributed by atoms with Crippen molar-refractivity contribution in [2.75, 3.05) is 40.6 Å². The first kappa shape index (κ1) is 38.0. The maximum absolute atomic E-state index is 14.5. The molecule has 16 heteroatoms. The Bertz CT molecular complexity index is 1740. The van der Waals surface area contributed by atoms with Gasteiger partial charge in [-0.15, -0.1) is 0 Å². The summed E-state index contributed by atoms with van der Waals surface area (Å²) in [6, 6.07) is 7.77. The second-order valence-corrected chi connectivity index (χ2v) is 11.5. The van der Waals surface area contributed by atoms with E-state index in [0.29, 0.717) is 39.3 Å². The van der Waals surface area contributed by atoms with E-state index in [1.165, 1.54) is 0 Å². The van der Waals surface area contributed by atoms with E-state index in [4.69, 9.17) is 18.9 Å². The number of ether oxygens (including phenoxy) is 6. The molecule has 0 spiro atoms. The minimum Gasteiger partial charge on any atom is -0.488 e. The van der Waals surface area contributed by atoms with Crippen LogP contribution >= 0.6 is 0 Å². The van der Waals surface area contributed by atoms with Gasteiger partial charge in [0, 0.05) is 37.5 Å². The molecular weight excluding hydrogens is 702 g/mol. The minimum atomic E-state index is -1.05. The third kappa shape index (κ3) is 9.16. The van der Waals surface area contributed by atoms with E-state index in [1.807, 2.05) is 0 Å². The number of benzene rings is 2. The summed E-state index contributed by atoms with van der Waals surface area (Å²) in [7, 11) is 2.24. The van der Waals surface area contributed by atoms with Gasteiger partial charge in [0.2, 0.25) is 0 Å². The van der Waals surface area contributed by atoms with Crippen LogP contribution < -0.4 is 9.47 Å². The summed E-state index contributed by atoms with van der Waals surface area (Å²) < 4.78 is 117. The second-order valence-electron chi connectivity index (χ2n) is 11.5. The van der Waals surface area contributed by atoms with Crippen molar-refractivity contribution in [2.24, 2.45) is 0 Å². The van der Waals surface area contributed by atoms with Crippen molar-refractivity contribution in [3.05, 3.63) is 94.8 Å². The number of rotatable bonds is 8. The molecule has 6 rings (SSSR count). The molecule has 4 aromatic rings. The number of nitrogens with zero attached hydrogens (tertiary/aromatic N) is 2. The fraction of sp³-hybridized carbons (Fsp3) is 0.333. The highest BCUT2D eigenvalue weighted by Crippen LogP contribution is 2.33. The van der Waals surface area contributed by atoms with E-state index < -0.39 is 69.4 Å². The molecule has 2 fully saturated rings. The normalized spacial score (nSPS) is 17.0. The molecule has 2 aromatic heterocycles. The van der Waals surface area contributed by atoms with E-state index in [-0.39, 0.29) is 35.1 Å². The van der Waals surface area contributed by atoms with Gasteiger partial charge in [0.1, 0.15) is 81.4 Å². The molecule has 2 atom stereocenters. The molecule has 0 aliphatic carbocycles. The van der Waals surface area contributed by atoms with Gasteiger partial charge in [0.25, 0.3) is 0 Å². The van der Waals surface area contributed by atoms with Crippen LogP contribution in [0, 0.1) is 34.9 Å². The predicted molar refractivity (Wildman–Crippen MR) is 171 cm³/mol. The zero-order valence-electron chi connectivity index (χ0n) is 27.9. The van der Waals surface area contributed by atoms with Crippen LogP contribution in [0.2, 0.25) is 0 Å². The average Bonchev–Trinajstić information content (AvgIpc) is 3.13. The average molecular weight is 735 g/mol. The summed E-state index contributed by atoms with van der Waals surface area (Å²) in [6.45, 7) is 1.93. The SMILES string of the molecule is COC(=O)c1ccc(F)c(-c2c(F)cc(O[C@@H]3CCCOC3)cc2F)n1.COC(=O)c1ccc(F)c(-c2c(F)cc(O[C@H]3CCCOC3)cc2F)n1. The summed E-state index contributed by atoms with van der Waals surface area (Å²) in [5.41, 5.74) is -3.11. The van der Waals surface area contributed by atoms with Crippen molar-refractivity contribution in [3.63, 3.8) is 0 Å². The van der Waals surface area contributed by atoms with Crippen LogP contribution in [-0.2, 0) is 18.9 Å². The lowest BCUT2D eigenvalue weighted by Gasteiger charge is -2.23. The van der Waals surface area contributed by atoms with Crippen molar-refractivity contribution >= 4 is 11.9 Å². The van der Waals surface area contributed by atoms with Gasteiger partial charge >= 0.3 is 11.9 Å². The summed E-state index contributed by atoms with van der Waals surface area (Å²) in [4.78, 5) is 30.4. The largest absolute Gasteiger partial charge is 0.488 e. The lowest BCUT2D eigenvalue weighted by atomic mass is 10.1. The summed E-state index contributed by atoms with van der Waals surface area (Å²) in [5.74, 6) is -7.87. The number of carbonyl (C=O) groups is 2. The number of aromatic nitrogens is 2.